The lowest BCUT2D eigenvalue weighted by atomic mass is 10.1. The van der Waals surface area contributed by atoms with Crippen molar-refractivity contribution in [3.63, 3.8) is 0 Å². The van der Waals surface area contributed by atoms with Crippen molar-refractivity contribution >= 4 is 5.69 Å². The van der Waals surface area contributed by atoms with Gasteiger partial charge in [-0.1, -0.05) is 13.0 Å². The number of likely N-dealkylation sites (tertiary alicyclic amines) is 1. The zero-order valence-corrected chi connectivity index (χ0v) is 11.9. The molecule has 106 valence electrons. The monoisotopic (exact) mass is 265 g/mol. The first kappa shape index (κ1) is 14.3. The molecule has 3 nitrogen and oxygen atoms in total. The molecule has 0 saturated carbocycles. The molecular formula is C15H24FN3. The predicted molar refractivity (Wildman–Crippen MR) is 77.8 cm³/mol. The van der Waals surface area contributed by atoms with E-state index in [1.54, 1.807) is 12.1 Å². The lowest BCUT2D eigenvalue weighted by Crippen LogP contribution is -2.38. The number of halogens is 1. The predicted octanol–water partition coefficient (Wildman–Crippen LogP) is 2.20. The Morgan fingerprint density at radius 1 is 1.47 bits per heavy atom. The van der Waals surface area contributed by atoms with Crippen LogP contribution in [0.25, 0.3) is 0 Å². The Kier molecular flexibility index (Phi) is 4.77. The maximum atomic E-state index is 13.8. The van der Waals surface area contributed by atoms with E-state index in [2.05, 4.69) is 16.7 Å². The lowest BCUT2D eigenvalue weighted by Gasteiger charge is -2.29. The number of nitrogens with zero attached hydrogens (tertiary/aromatic N) is 2. The van der Waals surface area contributed by atoms with Crippen molar-refractivity contribution in [3.8, 4) is 0 Å². The third-order valence-electron chi connectivity index (χ3n) is 4.09. The summed E-state index contributed by atoms with van der Waals surface area (Å²) in [6.07, 6.45) is 2.51. The van der Waals surface area contributed by atoms with E-state index in [0.29, 0.717) is 11.6 Å². The Labute approximate surface area is 115 Å². The van der Waals surface area contributed by atoms with Gasteiger partial charge in [-0.25, -0.2) is 4.39 Å². The van der Waals surface area contributed by atoms with Crippen LogP contribution in [0.3, 0.4) is 0 Å². The quantitative estimate of drug-likeness (QED) is 0.886. The van der Waals surface area contributed by atoms with E-state index in [1.165, 1.54) is 19.4 Å². The van der Waals surface area contributed by atoms with Crippen molar-refractivity contribution in [2.45, 2.75) is 32.4 Å². The molecule has 0 radical (unpaired) electrons. The number of rotatable bonds is 5. The summed E-state index contributed by atoms with van der Waals surface area (Å²) in [7, 11) is 2.03. The highest BCUT2D eigenvalue weighted by molar-refractivity contribution is 5.47. The fraction of sp³-hybridized carbons (Fsp3) is 0.600. The first-order valence-corrected chi connectivity index (χ1v) is 7.09. The van der Waals surface area contributed by atoms with E-state index in [1.807, 2.05) is 13.1 Å². The van der Waals surface area contributed by atoms with Crippen LogP contribution in [0.5, 0.6) is 0 Å². The molecule has 0 aliphatic carbocycles. The Morgan fingerprint density at radius 2 is 2.26 bits per heavy atom. The van der Waals surface area contributed by atoms with Crippen LogP contribution in [0.15, 0.2) is 18.2 Å². The van der Waals surface area contributed by atoms with Gasteiger partial charge in [0.15, 0.2) is 0 Å². The van der Waals surface area contributed by atoms with Crippen LogP contribution in [0, 0.1) is 5.82 Å². The molecule has 1 aromatic carbocycles. The molecule has 0 amide bonds. The maximum Gasteiger partial charge on any atom is 0.129 e. The molecule has 19 heavy (non-hydrogen) atoms. The summed E-state index contributed by atoms with van der Waals surface area (Å²) < 4.78 is 13.8. The Morgan fingerprint density at radius 3 is 2.89 bits per heavy atom. The van der Waals surface area contributed by atoms with Gasteiger partial charge in [-0.05, 0) is 38.1 Å². The summed E-state index contributed by atoms with van der Waals surface area (Å²) in [5.41, 5.74) is 6.99. The van der Waals surface area contributed by atoms with Gasteiger partial charge < -0.3 is 10.6 Å². The average Bonchev–Trinajstić information content (AvgIpc) is 2.85. The van der Waals surface area contributed by atoms with E-state index in [0.717, 1.165) is 18.8 Å². The van der Waals surface area contributed by atoms with Crippen LogP contribution in [-0.4, -0.2) is 37.6 Å². The van der Waals surface area contributed by atoms with Gasteiger partial charge in [0.2, 0.25) is 0 Å². The van der Waals surface area contributed by atoms with Crippen molar-refractivity contribution in [2.24, 2.45) is 5.73 Å². The van der Waals surface area contributed by atoms with Crippen molar-refractivity contribution < 1.29 is 4.39 Å². The molecule has 0 aromatic heterocycles. The molecule has 1 aromatic rings. The zero-order chi connectivity index (χ0) is 13.8. The van der Waals surface area contributed by atoms with Crippen LogP contribution in [0.4, 0.5) is 10.1 Å². The second-order valence-corrected chi connectivity index (χ2v) is 5.29. The molecule has 0 bridgehead atoms. The third kappa shape index (κ3) is 3.25. The zero-order valence-electron chi connectivity index (χ0n) is 11.9. The minimum absolute atomic E-state index is 0.203. The first-order valence-electron chi connectivity index (χ1n) is 7.09. The second kappa shape index (κ2) is 6.35. The van der Waals surface area contributed by atoms with E-state index >= 15 is 0 Å². The van der Waals surface area contributed by atoms with Gasteiger partial charge >= 0.3 is 0 Å². The van der Waals surface area contributed by atoms with Gasteiger partial charge in [0, 0.05) is 37.4 Å². The normalized spacial score (nSPS) is 19.9. The molecule has 2 rings (SSSR count). The van der Waals surface area contributed by atoms with Gasteiger partial charge in [-0.15, -0.1) is 0 Å². The standard InChI is InChI=1S/C15H24FN3/c1-3-19-8-4-5-14(19)11-18(2)13-7-6-12(10-17)15(16)9-13/h6-7,9,14H,3-5,8,10-11,17H2,1-2H3. The van der Waals surface area contributed by atoms with Gasteiger partial charge in [0.25, 0.3) is 0 Å². The van der Waals surface area contributed by atoms with Crippen LogP contribution < -0.4 is 10.6 Å². The summed E-state index contributed by atoms with van der Waals surface area (Å²) in [5, 5.41) is 0. The average molecular weight is 265 g/mol. The fourth-order valence-electron chi connectivity index (χ4n) is 2.88. The summed E-state index contributed by atoms with van der Waals surface area (Å²) in [6, 6.07) is 5.92. The molecule has 0 spiro atoms. The van der Waals surface area contributed by atoms with Crippen LogP contribution in [-0.2, 0) is 6.54 Å². The Bertz CT molecular complexity index is 422. The minimum Gasteiger partial charge on any atom is -0.373 e. The number of hydrogen-bond acceptors (Lipinski definition) is 3. The molecule has 1 fully saturated rings. The number of nitrogens with two attached hydrogens (primary N) is 1. The van der Waals surface area contributed by atoms with Crippen molar-refractivity contribution in [3.05, 3.63) is 29.6 Å². The largest absolute Gasteiger partial charge is 0.373 e. The molecule has 1 aliphatic rings. The van der Waals surface area contributed by atoms with E-state index in [9.17, 15) is 4.39 Å². The van der Waals surface area contributed by atoms with Crippen LogP contribution in [0.2, 0.25) is 0 Å². The summed E-state index contributed by atoms with van der Waals surface area (Å²) in [6.45, 7) is 5.69. The van der Waals surface area contributed by atoms with Crippen LogP contribution in [0.1, 0.15) is 25.3 Å². The van der Waals surface area contributed by atoms with Gasteiger partial charge in [0.1, 0.15) is 5.82 Å². The molecule has 1 unspecified atom stereocenters. The van der Waals surface area contributed by atoms with E-state index in [4.69, 9.17) is 5.73 Å². The molecule has 1 atom stereocenters. The van der Waals surface area contributed by atoms with Gasteiger partial charge in [-0.3, -0.25) is 4.90 Å². The SMILES string of the molecule is CCN1CCCC1CN(C)c1ccc(CN)c(F)c1. The number of benzene rings is 1. The van der Waals surface area contributed by atoms with E-state index in [-0.39, 0.29) is 12.4 Å². The highest BCUT2D eigenvalue weighted by atomic mass is 19.1. The lowest BCUT2D eigenvalue weighted by molar-refractivity contribution is 0.270. The molecule has 2 N–H and O–H groups in total. The highest BCUT2D eigenvalue weighted by Crippen LogP contribution is 2.22. The molecule has 4 heteroatoms. The van der Waals surface area contributed by atoms with Crippen molar-refractivity contribution in [1.29, 1.82) is 0 Å². The number of likely N-dealkylation sites (N-methyl/N-ethyl adjacent to an activating group) is 2. The first-order chi connectivity index (χ1) is 9.15. The molecule has 1 saturated heterocycles. The van der Waals surface area contributed by atoms with Gasteiger partial charge in [-0.2, -0.15) is 0 Å². The summed E-state index contributed by atoms with van der Waals surface area (Å²) >= 11 is 0. The Hall–Kier alpha value is -1.13. The number of anilines is 1. The summed E-state index contributed by atoms with van der Waals surface area (Å²) in [4.78, 5) is 4.64. The maximum absolute atomic E-state index is 13.8. The van der Waals surface area contributed by atoms with Gasteiger partial charge in [0.05, 0.1) is 0 Å². The van der Waals surface area contributed by atoms with E-state index < -0.39 is 0 Å². The topological polar surface area (TPSA) is 32.5 Å². The number of hydrogen-bond donors (Lipinski definition) is 1. The fourth-order valence-corrected chi connectivity index (χ4v) is 2.88. The highest BCUT2D eigenvalue weighted by Gasteiger charge is 2.24. The molecule has 1 heterocycles. The molecule has 1 aliphatic heterocycles. The second-order valence-electron chi connectivity index (χ2n) is 5.29. The smallest absolute Gasteiger partial charge is 0.129 e. The molecular weight excluding hydrogens is 241 g/mol. The summed E-state index contributed by atoms with van der Waals surface area (Å²) in [5.74, 6) is -0.203. The minimum atomic E-state index is -0.203. The van der Waals surface area contributed by atoms with Crippen molar-refractivity contribution in [1.82, 2.24) is 4.90 Å². The Balaban J connectivity index is 2.03. The van der Waals surface area contributed by atoms with Crippen LogP contribution >= 0.6 is 0 Å². The third-order valence-corrected chi connectivity index (χ3v) is 4.09. The van der Waals surface area contributed by atoms with Crippen molar-refractivity contribution in [2.75, 3.05) is 31.6 Å².